The number of ether oxygens (including phenoxy) is 1. The van der Waals surface area contributed by atoms with E-state index >= 15 is 0 Å². The van der Waals surface area contributed by atoms with Crippen LogP contribution < -0.4 is 0 Å². The van der Waals surface area contributed by atoms with E-state index in [-0.39, 0.29) is 12.4 Å². The van der Waals surface area contributed by atoms with Crippen LogP contribution in [-0.2, 0) is 29.1 Å². The third kappa shape index (κ3) is 4.70. The predicted molar refractivity (Wildman–Crippen MR) is 96.0 cm³/mol. The summed E-state index contributed by atoms with van der Waals surface area (Å²) >= 11 is 0. The average molecular weight is 328 g/mol. The molecule has 0 saturated carbocycles. The van der Waals surface area contributed by atoms with Gasteiger partial charge in [-0.1, -0.05) is 43.2 Å². The third-order valence-corrected chi connectivity index (χ3v) is 4.07. The lowest BCUT2D eigenvalue weighted by molar-refractivity contribution is -0.144. The second-order valence-electron chi connectivity index (χ2n) is 7.06. The fraction of sp³-hybridized carbons (Fsp3) is 0.500. The Bertz CT molecular complexity index is 709. The number of hydrogen-bond acceptors (Lipinski definition) is 3. The minimum atomic E-state index is -0.204. The van der Waals surface area contributed by atoms with E-state index in [4.69, 9.17) is 4.74 Å². The molecule has 2 aromatic rings. The standard InChI is InChI=1S/C20H28N2O2/c1-13(2)11-22-17(6)19(16(5)21-22)10-20(23)24-12-18-8-14(3)7-15(4)9-18/h7-9,13H,10-12H2,1-6H3. The van der Waals surface area contributed by atoms with Crippen LogP contribution in [0.2, 0.25) is 0 Å². The summed E-state index contributed by atoms with van der Waals surface area (Å²) in [6, 6.07) is 6.22. The highest BCUT2D eigenvalue weighted by Crippen LogP contribution is 2.16. The number of carbonyl (C=O) groups is 1. The van der Waals surface area contributed by atoms with Crippen molar-refractivity contribution < 1.29 is 9.53 Å². The van der Waals surface area contributed by atoms with Gasteiger partial charge in [-0.2, -0.15) is 5.10 Å². The smallest absolute Gasteiger partial charge is 0.310 e. The molecule has 24 heavy (non-hydrogen) atoms. The first-order valence-electron chi connectivity index (χ1n) is 8.52. The van der Waals surface area contributed by atoms with E-state index in [0.717, 1.165) is 29.1 Å². The molecular formula is C20H28N2O2. The molecule has 0 aliphatic heterocycles. The summed E-state index contributed by atoms with van der Waals surface area (Å²) in [5.74, 6) is 0.316. The first-order valence-corrected chi connectivity index (χ1v) is 8.52. The van der Waals surface area contributed by atoms with Crippen LogP contribution in [0.25, 0.3) is 0 Å². The fourth-order valence-electron chi connectivity index (χ4n) is 3.02. The topological polar surface area (TPSA) is 44.1 Å². The molecule has 1 aromatic carbocycles. The SMILES string of the molecule is Cc1cc(C)cc(COC(=O)Cc2c(C)nn(CC(C)C)c2C)c1. The maximum atomic E-state index is 12.2. The summed E-state index contributed by atoms with van der Waals surface area (Å²) in [6.45, 7) is 13.6. The normalized spacial score (nSPS) is 11.1. The van der Waals surface area contributed by atoms with Gasteiger partial charge in [0, 0.05) is 17.8 Å². The molecule has 0 unspecified atom stereocenters. The number of nitrogens with zero attached hydrogens (tertiary/aromatic N) is 2. The summed E-state index contributed by atoms with van der Waals surface area (Å²) in [7, 11) is 0. The Morgan fingerprint density at radius 3 is 2.33 bits per heavy atom. The van der Waals surface area contributed by atoms with Crippen LogP contribution in [0.1, 0.15) is 47.5 Å². The monoisotopic (exact) mass is 328 g/mol. The Labute approximate surface area is 144 Å². The van der Waals surface area contributed by atoms with Crippen molar-refractivity contribution in [3.05, 3.63) is 51.8 Å². The third-order valence-electron chi connectivity index (χ3n) is 4.07. The van der Waals surface area contributed by atoms with Gasteiger partial charge in [0.15, 0.2) is 0 Å². The lowest BCUT2D eigenvalue weighted by Crippen LogP contribution is -2.11. The molecule has 1 heterocycles. The minimum Gasteiger partial charge on any atom is -0.461 e. The van der Waals surface area contributed by atoms with Crippen molar-refractivity contribution in [3.8, 4) is 0 Å². The van der Waals surface area contributed by atoms with Gasteiger partial charge in [0.05, 0.1) is 12.1 Å². The van der Waals surface area contributed by atoms with Crippen molar-refractivity contribution in [1.29, 1.82) is 0 Å². The highest BCUT2D eigenvalue weighted by molar-refractivity contribution is 5.73. The van der Waals surface area contributed by atoms with Gasteiger partial charge in [-0.3, -0.25) is 9.48 Å². The van der Waals surface area contributed by atoms with E-state index in [1.807, 2.05) is 32.4 Å². The van der Waals surface area contributed by atoms with Crippen molar-refractivity contribution in [2.45, 2.75) is 61.1 Å². The number of esters is 1. The molecule has 0 aliphatic rings. The van der Waals surface area contributed by atoms with E-state index in [1.165, 1.54) is 11.1 Å². The summed E-state index contributed by atoms with van der Waals surface area (Å²) in [6.07, 6.45) is 0.278. The second-order valence-corrected chi connectivity index (χ2v) is 7.06. The van der Waals surface area contributed by atoms with Crippen molar-refractivity contribution in [3.63, 3.8) is 0 Å². The molecule has 0 atom stereocenters. The molecule has 0 aliphatic carbocycles. The number of hydrogen-bond donors (Lipinski definition) is 0. The molecule has 2 rings (SSSR count). The number of aryl methyl sites for hydroxylation is 3. The maximum absolute atomic E-state index is 12.2. The maximum Gasteiger partial charge on any atom is 0.310 e. The van der Waals surface area contributed by atoms with Gasteiger partial charge < -0.3 is 4.74 Å². The van der Waals surface area contributed by atoms with Gasteiger partial charge in [-0.25, -0.2) is 0 Å². The average Bonchev–Trinajstić information content (AvgIpc) is 2.71. The Morgan fingerprint density at radius 2 is 1.75 bits per heavy atom. The number of aromatic nitrogens is 2. The number of benzene rings is 1. The summed E-state index contributed by atoms with van der Waals surface area (Å²) < 4.78 is 7.46. The van der Waals surface area contributed by atoms with E-state index < -0.39 is 0 Å². The van der Waals surface area contributed by atoms with Crippen LogP contribution in [0.4, 0.5) is 0 Å². The van der Waals surface area contributed by atoms with Crippen LogP contribution in [0.5, 0.6) is 0 Å². The summed E-state index contributed by atoms with van der Waals surface area (Å²) in [4.78, 5) is 12.2. The van der Waals surface area contributed by atoms with E-state index in [2.05, 4.69) is 37.1 Å². The van der Waals surface area contributed by atoms with E-state index in [1.54, 1.807) is 0 Å². The molecule has 0 radical (unpaired) electrons. The summed E-state index contributed by atoms with van der Waals surface area (Å²) in [5, 5.41) is 4.55. The van der Waals surface area contributed by atoms with E-state index in [0.29, 0.717) is 12.5 Å². The molecule has 0 amide bonds. The molecule has 1 aromatic heterocycles. The highest BCUT2D eigenvalue weighted by atomic mass is 16.5. The van der Waals surface area contributed by atoms with Gasteiger partial charge in [-0.05, 0) is 39.2 Å². The molecule has 0 fully saturated rings. The Balaban J connectivity index is 2.01. The Hall–Kier alpha value is -2.10. The zero-order valence-electron chi connectivity index (χ0n) is 15.6. The van der Waals surface area contributed by atoms with Crippen LogP contribution >= 0.6 is 0 Å². The largest absolute Gasteiger partial charge is 0.461 e. The van der Waals surface area contributed by atoms with Gasteiger partial charge in [0.2, 0.25) is 0 Å². The quantitative estimate of drug-likeness (QED) is 0.751. The van der Waals surface area contributed by atoms with E-state index in [9.17, 15) is 4.79 Å². The zero-order valence-corrected chi connectivity index (χ0v) is 15.6. The summed E-state index contributed by atoms with van der Waals surface area (Å²) in [5.41, 5.74) is 6.36. The lowest BCUT2D eigenvalue weighted by Gasteiger charge is -2.09. The van der Waals surface area contributed by atoms with Crippen LogP contribution in [-0.4, -0.2) is 15.7 Å². The second kappa shape index (κ2) is 7.65. The van der Waals surface area contributed by atoms with Gasteiger partial charge in [0.25, 0.3) is 0 Å². The molecule has 4 heteroatoms. The minimum absolute atomic E-state index is 0.204. The van der Waals surface area contributed by atoms with Crippen molar-refractivity contribution in [2.75, 3.05) is 0 Å². The van der Waals surface area contributed by atoms with Crippen molar-refractivity contribution >= 4 is 5.97 Å². The van der Waals surface area contributed by atoms with Crippen LogP contribution in [0, 0.1) is 33.6 Å². The molecule has 4 nitrogen and oxygen atoms in total. The van der Waals surface area contributed by atoms with Gasteiger partial charge in [-0.15, -0.1) is 0 Å². The van der Waals surface area contributed by atoms with Crippen molar-refractivity contribution in [2.24, 2.45) is 5.92 Å². The molecular weight excluding hydrogens is 300 g/mol. The Morgan fingerprint density at radius 1 is 1.12 bits per heavy atom. The van der Waals surface area contributed by atoms with Gasteiger partial charge >= 0.3 is 5.97 Å². The number of rotatable bonds is 6. The fourth-order valence-corrected chi connectivity index (χ4v) is 3.02. The highest BCUT2D eigenvalue weighted by Gasteiger charge is 2.16. The predicted octanol–water partition coefficient (Wildman–Crippen LogP) is 4.06. The van der Waals surface area contributed by atoms with Crippen LogP contribution in [0.15, 0.2) is 18.2 Å². The molecule has 0 bridgehead atoms. The molecule has 0 spiro atoms. The lowest BCUT2D eigenvalue weighted by atomic mass is 10.1. The number of carbonyl (C=O) groups excluding carboxylic acids is 1. The Kier molecular flexibility index (Phi) is 5.81. The molecule has 0 N–H and O–H groups in total. The van der Waals surface area contributed by atoms with Gasteiger partial charge in [0.1, 0.15) is 6.61 Å². The first-order chi connectivity index (χ1) is 11.3. The van der Waals surface area contributed by atoms with Crippen molar-refractivity contribution in [1.82, 2.24) is 9.78 Å². The first kappa shape index (κ1) is 18.2. The molecule has 0 saturated heterocycles. The molecule has 130 valence electrons. The zero-order chi connectivity index (χ0) is 17.9. The van der Waals surface area contributed by atoms with Crippen LogP contribution in [0.3, 0.4) is 0 Å².